The summed E-state index contributed by atoms with van der Waals surface area (Å²) in [6.07, 6.45) is 0.928. The van der Waals surface area contributed by atoms with Crippen LogP contribution in [0.15, 0.2) is 48.5 Å². The first-order chi connectivity index (χ1) is 15.5. The van der Waals surface area contributed by atoms with Gasteiger partial charge in [0.2, 0.25) is 0 Å². The number of nitrogens with zero attached hydrogens (tertiary/aromatic N) is 2. The van der Waals surface area contributed by atoms with Gasteiger partial charge in [-0.25, -0.2) is 14.8 Å². The molecule has 0 unspecified atom stereocenters. The maximum atomic E-state index is 11.7. The molecule has 4 rings (SSSR count). The number of fused-ring (bicyclic) bond motifs is 1. The molecule has 0 bridgehead atoms. The summed E-state index contributed by atoms with van der Waals surface area (Å²) < 4.78 is 10.0. The molecule has 0 aliphatic rings. The van der Waals surface area contributed by atoms with Crippen LogP contribution in [0.2, 0.25) is 5.02 Å². The van der Waals surface area contributed by atoms with Crippen molar-refractivity contribution in [3.8, 4) is 17.1 Å². The summed E-state index contributed by atoms with van der Waals surface area (Å²) in [5.74, 6) is 1.61. The Morgan fingerprint density at radius 2 is 1.88 bits per heavy atom. The lowest BCUT2D eigenvalue weighted by atomic mass is 10.1. The zero-order chi connectivity index (χ0) is 22.7. The molecule has 0 saturated carbocycles. The Morgan fingerprint density at radius 3 is 2.53 bits per heavy atom. The summed E-state index contributed by atoms with van der Waals surface area (Å²) >= 11 is 7.93. The third-order valence-corrected chi connectivity index (χ3v) is 6.50. The first kappa shape index (κ1) is 22.0. The van der Waals surface area contributed by atoms with Crippen molar-refractivity contribution in [2.24, 2.45) is 0 Å². The normalized spacial score (nSPS) is 10.9. The number of carbonyl (C=O) groups excluding carboxylic acids is 1. The van der Waals surface area contributed by atoms with Crippen molar-refractivity contribution in [3.63, 3.8) is 0 Å². The van der Waals surface area contributed by atoms with E-state index in [1.54, 1.807) is 30.6 Å². The molecule has 164 valence electrons. The Morgan fingerprint density at radius 1 is 1.09 bits per heavy atom. The molecule has 0 atom stereocenters. The molecule has 32 heavy (non-hydrogen) atoms. The smallest absolute Gasteiger partial charge is 0.337 e. The predicted molar refractivity (Wildman–Crippen MR) is 129 cm³/mol. The Labute approximate surface area is 195 Å². The van der Waals surface area contributed by atoms with Gasteiger partial charge in [-0.1, -0.05) is 36.7 Å². The van der Waals surface area contributed by atoms with Gasteiger partial charge >= 0.3 is 5.97 Å². The molecule has 0 radical (unpaired) electrons. The van der Waals surface area contributed by atoms with Crippen LogP contribution >= 0.6 is 22.9 Å². The molecule has 0 fully saturated rings. The van der Waals surface area contributed by atoms with Crippen LogP contribution in [0, 0.1) is 0 Å². The molecule has 8 heteroatoms. The number of benzene rings is 2. The molecule has 0 amide bonds. The number of esters is 1. The van der Waals surface area contributed by atoms with Crippen molar-refractivity contribution < 1.29 is 14.3 Å². The highest BCUT2D eigenvalue weighted by atomic mass is 35.5. The average Bonchev–Trinajstić information content (AvgIpc) is 3.25. The number of aromatic nitrogens is 2. The molecule has 2 heterocycles. The molecule has 0 spiro atoms. The number of nitrogens with one attached hydrogen (secondary N) is 1. The number of aryl methyl sites for hydroxylation is 1. The highest BCUT2D eigenvalue weighted by molar-refractivity contribution is 7.18. The number of carbonyl (C=O) groups is 1. The van der Waals surface area contributed by atoms with Gasteiger partial charge in [-0.05, 0) is 42.3 Å². The first-order valence-corrected chi connectivity index (χ1v) is 11.3. The van der Waals surface area contributed by atoms with Gasteiger partial charge in [0.15, 0.2) is 5.82 Å². The van der Waals surface area contributed by atoms with E-state index < -0.39 is 0 Å². The summed E-state index contributed by atoms with van der Waals surface area (Å²) in [6, 6.07) is 14.9. The summed E-state index contributed by atoms with van der Waals surface area (Å²) in [7, 11) is 2.96. The lowest BCUT2D eigenvalue weighted by Crippen LogP contribution is -2.04. The summed E-state index contributed by atoms with van der Waals surface area (Å²) in [5.41, 5.74) is 2.32. The van der Waals surface area contributed by atoms with Crippen LogP contribution in [-0.2, 0) is 17.7 Å². The highest BCUT2D eigenvalue weighted by Crippen LogP contribution is 2.32. The molecule has 0 aliphatic carbocycles. The van der Waals surface area contributed by atoms with Crippen LogP contribution in [0.3, 0.4) is 0 Å². The highest BCUT2D eigenvalue weighted by Gasteiger charge is 2.14. The molecule has 0 saturated heterocycles. The second-order valence-corrected chi connectivity index (χ2v) is 8.59. The summed E-state index contributed by atoms with van der Waals surface area (Å²) in [4.78, 5) is 23.5. The van der Waals surface area contributed by atoms with E-state index in [1.807, 2.05) is 30.3 Å². The quantitative estimate of drug-likeness (QED) is 0.337. The van der Waals surface area contributed by atoms with E-state index in [9.17, 15) is 4.79 Å². The predicted octanol–water partition coefficient (Wildman–Crippen LogP) is 5.98. The van der Waals surface area contributed by atoms with E-state index in [0.717, 1.165) is 33.6 Å². The SMILES string of the molecule is CCc1cc2c(NCc3ccc(OC)c(Cl)c3)nc(-c3ccc(C(=O)OC)cc3)nc2s1. The van der Waals surface area contributed by atoms with Gasteiger partial charge in [-0.3, -0.25) is 0 Å². The minimum absolute atomic E-state index is 0.376. The zero-order valence-electron chi connectivity index (χ0n) is 17.9. The number of anilines is 1. The molecule has 1 N–H and O–H groups in total. The van der Waals surface area contributed by atoms with Crippen molar-refractivity contribution in [1.82, 2.24) is 9.97 Å². The largest absolute Gasteiger partial charge is 0.495 e. The van der Waals surface area contributed by atoms with Crippen molar-refractivity contribution in [3.05, 3.63) is 69.6 Å². The van der Waals surface area contributed by atoms with Crippen molar-refractivity contribution in [2.45, 2.75) is 19.9 Å². The third kappa shape index (κ3) is 4.54. The summed E-state index contributed by atoms with van der Waals surface area (Å²) in [6.45, 7) is 2.67. The van der Waals surface area contributed by atoms with Gasteiger partial charge in [-0.15, -0.1) is 11.3 Å². The zero-order valence-corrected chi connectivity index (χ0v) is 19.5. The van der Waals surface area contributed by atoms with Gasteiger partial charge < -0.3 is 14.8 Å². The Balaban J connectivity index is 1.68. The average molecular weight is 468 g/mol. The fraction of sp³-hybridized carbons (Fsp3) is 0.208. The lowest BCUT2D eigenvalue weighted by molar-refractivity contribution is 0.0600. The molecule has 4 aromatic rings. The maximum Gasteiger partial charge on any atom is 0.337 e. The van der Waals surface area contributed by atoms with Gasteiger partial charge in [-0.2, -0.15) is 0 Å². The van der Waals surface area contributed by atoms with Crippen LogP contribution in [-0.4, -0.2) is 30.2 Å². The number of thiophene rings is 1. The van der Waals surface area contributed by atoms with Crippen molar-refractivity contribution in [1.29, 1.82) is 0 Å². The molecular weight excluding hydrogens is 446 g/mol. The molecule has 0 aliphatic heterocycles. The van der Waals surface area contributed by atoms with Crippen molar-refractivity contribution >= 4 is 44.9 Å². The number of ether oxygens (including phenoxy) is 2. The number of hydrogen-bond acceptors (Lipinski definition) is 7. The third-order valence-electron chi connectivity index (χ3n) is 5.03. The number of halogens is 1. The van der Waals surface area contributed by atoms with E-state index in [-0.39, 0.29) is 5.97 Å². The second kappa shape index (κ2) is 9.54. The molecule has 2 aromatic carbocycles. The Bertz CT molecular complexity index is 1270. The van der Waals surface area contributed by atoms with Crippen LogP contribution in [0.4, 0.5) is 5.82 Å². The second-order valence-electron chi connectivity index (χ2n) is 7.07. The molecule has 2 aromatic heterocycles. The van der Waals surface area contributed by atoms with E-state index in [1.165, 1.54) is 12.0 Å². The van der Waals surface area contributed by atoms with Gasteiger partial charge in [0.1, 0.15) is 16.4 Å². The molecular formula is C24H22ClN3O3S. The van der Waals surface area contributed by atoms with E-state index in [0.29, 0.717) is 28.7 Å². The van der Waals surface area contributed by atoms with Gasteiger partial charge in [0, 0.05) is 17.0 Å². The maximum absolute atomic E-state index is 11.7. The van der Waals surface area contributed by atoms with Crippen molar-refractivity contribution in [2.75, 3.05) is 19.5 Å². The first-order valence-electron chi connectivity index (χ1n) is 10.1. The van der Waals surface area contributed by atoms with Crippen LogP contribution < -0.4 is 10.1 Å². The van der Waals surface area contributed by atoms with E-state index in [4.69, 9.17) is 31.0 Å². The monoisotopic (exact) mass is 467 g/mol. The number of hydrogen-bond donors (Lipinski definition) is 1. The Kier molecular flexibility index (Phi) is 6.58. The summed E-state index contributed by atoms with van der Waals surface area (Å²) in [5, 5.41) is 4.99. The van der Waals surface area contributed by atoms with E-state index in [2.05, 4.69) is 18.3 Å². The fourth-order valence-electron chi connectivity index (χ4n) is 3.29. The van der Waals surface area contributed by atoms with Crippen LogP contribution in [0.1, 0.15) is 27.7 Å². The van der Waals surface area contributed by atoms with Crippen LogP contribution in [0.25, 0.3) is 21.6 Å². The van der Waals surface area contributed by atoms with Crippen LogP contribution in [0.5, 0.6) is 5.75 Å². The topological polar surface area (TPSA) is 73.3 Å². The minimum Gasteiger partial charge on any atom is -0.495 e. The fourth-order valence-corrected chi connectivity index (χ4v) is 4.54. The standard InChI is InChI=1S/C24H22ClN3O3S/c1-4-17-12-18-22(26-13-14-5-10-20(30-2)19(25)11-14)27-21(28-23(18)32-17)15-6-8-16(9-7-15)24(29)31-3/h5-12H,4,13H2,1-3H3,(H,26,27,28). The molecule has 6 nitrogen and oxygen atoms in total. The number of methoxy groups -OCH3 is 2. The van der Waals surface area contributed by atoms with Gasteiger partial charge in [0.25, 0.3) is 0 Å². The van der Waals surface area contributed by atoms with E-state index >= 15 is 0 Å². The lowest BCUT2D eigenvalue weighted by Gasteiger charge is -2.11. The minimum atomic E-state index is -0.376. The Hall–Kier alpha value is -3.16. The van der Waals surface area contributed by atoms with Gasteiger partial charge in [0.05, 0.1) is 30.2 Å². The number of rotatable bonds is 7.